The van der Waals surface area contributed by atoms with Crippen molar-refractivity contribution in [2.45, 2.75) is 60.8 Å². The lowest BCUT2D eigenvalue weighted by molar-refractivity contribution is -0.300. The van der Waals surface area contributed by atoms with Crippen molar-refractivity contribution in [1.82, 2.24) is 0 Å². The van der Waals surface area contributed by atoms with E-state index >= 15 is 0 Å². The van der Waals surface area contributed by atoms with Gasteiger partial charge < -0.3 is 9.84 Å². The van der Waals surface area contributed by atoms with Crippen molar-refractivity contribution in [2.24, 2.45) is 5.41 Å². The first-order valence-corrected chi connectivity index (χ1v) is 14.4. The van der Waals surface area contributed by atoms with Gasteiger partial charge in [-0.15, -0.1) is 0 Å². The van der Waals surface area contributed by atoms with E-state index in [4.69, 9.17) is 9.15 Å². The number of carbonyl (C=O) groups is 1. The van der Waals surface area contributed by atoms with Crippen molar-refractivity contribution in [3.8, 4) is 11.3 Å². The summed E-state index contributed by atoms with van der Waals surface area (Å²) in [6.45, 7) is 16.2. The molecule has 4 nitrogen and oxygen atoms in total. The Bertz CT molecular complexity index is 1710. The zero-order chi connectivity index (χ0) is 30.4. The van der Waals surface area contributed by atoms with Crippen LogP contribution in [0.25, 0.3) is 22.7 Å². The number of carbonyl (C=O) groups excluding carboxylic acids is 1. The summed E-state index contributed by atoms with van der Waals surface area (Å²) < 4.78 is 12.6. The van der Waals surface area contributed by atoms with Crippen molar-refractivity contribution in [1.29, 1.82) is 0 Å². The first-order valence-electron chi connectivity index (χ1n) is 14.4. The summed E-state index contributed by atoms with van der Waals surface area (Å²) in [6, 6.07) is 23.6. The Morgan fingerprint density at radius 3 is 1.90 bits per heavy atom. The summed E-state index contributed by atoms with van der Waals surface area (Å²) in [4.78, 5) is 13.7. The van der Waals surface area contributed by atoms with Crippen molar-refractivity contribution in [2.75, 3.05) is 0 Å². The smallest absolute Gasteiger partial charge is 0.360 e. The molecule has 3 aromatic rings. The Morgan fingerprint density at radius 2 is 1.36 bits per heavy atom. The molecule has 2 aliphatic rings. The van der Waals surface area contributed by atoms with Gasteiger partial charge in [0.25, 0.3) is 0 Å². The molecule has 0 fully saturated rings. The van der Waals surface area contributed by atoms with Gasteiger partial charge in [0.2, 0.25) is 0 Å². The van der Waals surface area contributed by atoms with E-state index in [1.165, 1.54) is 0 Å². The van der Waals surface area contributed by atoms with Crippen LogP contribution in [0.1, 0.15) is 72.3 Å². The Morgan fingerprint density at radius 1 is 0.762 bits per heavy atom. The average Bonchev–Trinajstić information content (AvgIpc) is 2.96. The predicted octanol–water partition coefficient (Wildman–Crippen LogP) is 8.81. The number of hydrogen-bond donors (Lipinski definition) is 0. The molecule has 0 spiro atoms. The maximum atomic E-state index is 13.7. The molecule has 4 heteroatoms. The number of rotatable bonds is 4. The first-order chi connectivity index (χ1) is 19.8. The van der Waals surface area contributed by atoms with Crippen molar-refractivity contribution < 1.29 is 19.1 Å². The summed E-state index contributed by atoms with van der Waals surface area (Å²) in [5.74, 6) is 2.49. The van der Waals surface area contributed by atoms with Gasteiger partial charge in [0.15, 0.2) is 5.78 Å². The highest BCUT2D eigenvalue weighted by Crippen LogP contribution is 2.42. The van der Waals surface area contributed by atoms with Crippen molar-refractivity contribution in [3.63, 3.8) is 0 Å². The van der Waals surface area contributed by atoms with Gasteiger partial charge in [-0.05, 0) is 81.2 Å². The number of ketones is 1. The molecule has 2 heterocycles. The second-order valence-electron chi connectivity index (χ2n) is 13.0. The van der Waals surface area contributed by atoms with Crippen molar-refractivity contribution >= 4 is 17.1 Å². The molecule has 0 radical (unpaired) electrons. The van der Waals surface area contributed by atoms with Crippen LogP contribution in [-0.2, 0) is 14.9 Å². The summed E-state index contributed by atoms with van der Waals surface area (Å²) in [7, 11) is 0. The van der Waals surface area contributed by atoms with E-state index < -0.39 is 0 Å². The van der Waals surface area contributed by atoms with Crippen LogP contribution < -0.4 is 5.11 Å². The van der Waals surface area contributed by atoms with E-state index in [0.717, 1.165) is 33.8 Å². The molecule has 5 rings (SSSR count). The molecular formula is C38H38O4. The van der Waals surface area contributed by atoms with Gasteiger partial charge in [-0.2, -0.15) is 0 Å². The zero-order valence-electron chi connectivity index (χ0n) is 25.7. The number of benzene rings is 2. The largest absolute Gasteiger partial charge is 0.871 e. The third-order valence-corrected chi connectivity index (χ3v) is 7.71. The third-order valence-electron chi connectivity index (χ3n) is 7.71. The molecule has 214 valence electrons. The molecule has 0 bridgehead atoms. The standard InChI is InChI=1S/C38H38O4/c1-23(27-19-29(25-15-11-9-12-16-25)41-31(21-27)37(3,4)5)33-35(39)34(36(33)40)24(2)28-20-30(26-17-13-10-14-18-26)42-32(22-28)38(6,7)8/h9-22H,1-8H3. The monoisotopic (exact) mass is 558 g/mol. The summed E-state index contributed by atoms with van der Waals surface area (Å²) in [5.41, 5.74) is 4.72. The van der Waals surface area contributed by atoms with Gasteiger partial charge in [0.1, 0.15) is 11.5 Å². The topological polar surface area (TPSA) is 60.7 Å². The van der Waals surface area contributed by atoms with Crippen molar-refractivity contribution in [3.05, 3.63) is 136 Å². The van der Waals surface area contributed by atoms with Gasteiger partial charge in [0, 0.05) is 28.2 Å². The molecule has 0 saturated carbocycles. The molecule has 42 heavy (non-hydrogen) atoms. The number of allylic oxidation sites excluding steroid dienone is 8. The minimum absolute atomic E-state index is 0.228. The fourth-order valence-electron chi connectivity index (χ4n) is 5.03. The molecule has 1 aliphatic carbocycles. The van der Waals surface area contributed by atoms with E-state index in [1.54, 1.807) is 0 Å². The number of ether oxygens (including phenoxy) is 1. The second-order valence-corrected chi connectivity index (χ2v) is 13.0. The molecule has 2 aromatic carbocycles. The maximum Gasteiger partial charge on any atom is 0.360 e. The fraction of sp³-hybridized carbons (Fsp3) is 0.263. The van der Waals surface area contributed by atoms with Crippen LogP contribution in [0.15, 0.2) is 123 Å². The second kappa shape index (κ2) is 10.8. The molecular weight excluding hydrogens is 520 g/mol. The van der Waals surface area contributed by atoms with Gasteiger partial charge in [0.05, 0.1) is 17.0 Å². The summed E-state index contributed by atoms with van der Waals surface area (Å²) in [5, 5.41) is 13.7. The normalized spacial score (nSPS) is 18.1. The van der Waals surface area contributed by atoms with E-state index in [1.807, 2.05) is 98.8 Å². The highest BCUT2D eigenvalue weighted by Gasteiger charge is 2.35. The Kier molecular flexibility index (Phi) is 7.44. The molecule has 0 N–H and O–H groups in total. The lowest BCUT2D eigenvalue weighted by Gasteiger charge is -2.34. The van der Waals surface area contributed by atoms with Crippen LogP contribution in [0.4, 0.5) is 0 Å². The highest BCUT2D eigenvalue weighted by atomic mass is 16.5. The predicted molar refractivity (Wildman–Crippen MR) is 168 cm³/mol. The Labute approximate surface area is 249 Å². The molecule has 1 aliphatic heterocycles. The van der Waals surface area contributed by atoms with Crippen LogP contribution in [-0.4, -0.2) is 5.78 Å². The lowest BCUT2D eigenvalue weighted by Crippen LogP contribution is -2.32. The quantitative estimate of drug-likeness (QED) is 0.237. The van der Waals surface area contributed by atoms with E-state index in [0.29, 0.717) is 22.7 Å². The minimum Gasteiger partial charge on any atom is -0.871 e. The number of Topliss-reactive ketones (excluding diaryl/α,β-unsaturated/α-hetero) is 1. The molecule has 0 unspecified atom stereocenters. The van der Waals surface area contributed by atoms with Crippen LogP contribution >= 0.6 is 0 Å². The third kappa shape index (κ3) is 5.54. The lowest BCUT2D eigenvalue weighted by atomic mass is 9.78. The minimum atomic E-state index is -0.265. The SMILES string of the molecule is CC(=C1C=C(c2ccccc2)OC(C(C)(C)C)=C1)C1=C([O-])C(=C(C)c2cc(-c3ccccc3)[o+]c(C(C)(C)C)c2)C1=O. The molecule has 1 aromatic heterocycles. The summed E-state index contributed by atoms with van der Waals surface area (Å²) >= 11 is 0. The number of hydrogen-bond acceptors (Lipinski definition) is 3. The molecule has 0 atom stereocenters. The van der Waals surface area contributed by atoms with Gasteiger partial charge in [-0.1, -0.05) is 75.1 Å². The van der Waals surface area contributed by atoms with Gasteiger partial charge >= 0.3 is 11.5 Å². The van der Waals surface area contributed by atoms with Gasteiger partial charge in [-0.3, -0.25) is 4.79 Å². The van der Waals surface area contributed by atoms with E-state index in [9.17, 15) is 9.90 Å². The average molecular weight is 559 g/mol. The van der Waals surface area contributed by atoms with Gasteiger partial charge in [-0.25, -0.2) is 4.42 Å². The van der Waals surface area contributed by atoms with E-state index in [-0.39, 0.29) is 33.5 Å². The van der Waals surface area contributed by atoms with Crippen LogP contribution in [0.2, 0.25) is 0 Å². The zero-order valence-corrected chi connectivity index (χ0v) is 25.7. The maximum absolute atomic E-state index is 13.7. The first kappa shape index (κ1) is 29.1. The van der Waals surface area contributed by atoms with Crippen LogP contribution in [0.3, 0.4) is 0 Å². The Hall–Kier alpha value is -4.44. The molecule has 0 amide bonds. The van der Waals surface area contributed by atoms with Crippen LogP contribution in [0.5, 0.6) is 0 Å². The highest BCUT2D eigenvalue weighted by molar-refractivity contribution is 6.25. The molecule has 0 saturated heterocycles. The Balaban J connectivity index is 1.63. The fourth-order valence-corrected chi connectivity index (χ4v) is 5.03. The van der Waals surface area contributed by atoms with Crippen LogP contribution in [0, 0.1) is 5.41 Å². The van der Waals surface area contributed by atoms with E-state index in [2.05, 4.69) is 41.5 Å². The summed E-state index contributed by atoms with van der Waals surface area (Å²) in [6.07, 6.45) is 3.87.